The van der Waals surface area contributed by atoms with Gasteiger partial charge in [0, 0.05) is 25.1 Å². The molecule has 0 spiro atoms. The van der Waals surface area contributed by atoms with Gasteiger partial charge in [0.25, 0.3) is 0 Å². The Bertz CT molecular complexity index is 447. The molecule has 0 radical (unpaired) electrons. The number of nitrogens with zero attached hydrogens (tertiary/aromatic N) is 3. The third kappa shape index (κ3) is 1.85. The lowest BCUT2D eigenvalue weighted by Crippen LogP contribution is -2.13. The smallest absolute Gasteiger partial charge is 0.160 e. The van der Waals surface area contributed by atoms with E-state index in [9.17, 15) is 0 Å². The summed E-state index contributed by atoms with van der Waals surface area (Å²) >= 11 is 0. The summed E-state index contributed by atoms with van der Waals surface area (Å²) in [7, 11) is 1.97. The van der Waals surface area contributed by atoms with E-state index in [4.69, 9.17) is 0 Å². The van der Waals surface area contributed by atoms with E-state index in [2.05, 4.69) is 32.9 Å². The molecule has 0 saturated carbocycles. The highest BCUT2D eigenvalue weighted by Crippen LogP contribution is 2.09. The first kappa shape index (κ1) is 10.1. The first-order chi connectivity index (χ1) is 7.36. The monoisotopic (exact) mass is 204 g/mol. The summed E-state index contributed by atoms with van der Waals surface area (Å²) in [5.74, 6) is 1.04. The average Bonchev–Trinajstić information content (AvgIpc) is 2.69. The van der Waals surface area contributed by atoms with Crippen molar-refractivity contribution in [2.45, 2.75) is 19.8 Å². The maximum Gasteiger partial charge on any atom is 0.160 e. The van der Waals surface area contributed by atoms with E-state index < -0.39 is 0 Å². The fourth-order valence-corrected chi connectivity index (χ4v) is 1.75. The number of aromatic nitrogens is 3. The van der Waals surface area contributed by atoms with Gasteiger partial charge in [-0.25, -0.2) is 0 Å². The van der Waals surface area contributed by atoms with Crippen LogP contribution < -0.4 is 5.32 Å². The molecule has 2 aromatic heterocycles. The molecule has 0 fully saturated rings. The average molecular weight is 204 g/mol. The van der Waals surface area contributed by atoms with Gasteiger partial charge in [-0.3, -0.25) is 4.40 Å². The van der Waals surface area contributed by atoms with Crippen molar-refractivity contribution in [1.82, 2.24) is 19.9 Å². The lowest BCUT2D eigenvalue weighted by Gasteiger charge is -2.06. The molecule has 2 rings (SSSR count). The molecule has 4 heteroatoms. The fraction of sp³-hybridized carbons (Fsp3) is 0.455. The van der Waals surface area contributed by atoms with Crippen molar-refractivity contribution in [2.24, 2.45) is 0 Å². The first-order valence-electron chi connectivity index (χ1n) is 5.33. The topological polar surface area (TPSA) is 42.2 Å². The molecular formula is C11H16N4. The molecule has 0 aliphatic carbocycles. The zero-order valence-electron chi connectivity index (χ0n) is 9.20. The van der Waals surface area contributed by atoms with Crippen LogP contribution in [0.3, 0.4) is 0 Å². The molecule has 0 aliphatic heterocycles. The van der Waals surface area contributed by atoms with Crippen LogP contribution in [-0.4, -0.2) is 28.2 Å². The maximum atomic E-state index is 4.18. The minimum atomic E-state index is 0.914. The summed E-state index contributed by atoms with van der Waals surface area (Å²) in [6.45, 7) is 3.08. The second-order valence-electron chi connectivity index (χ2n) is 3.53. The second-order valence-corrected chi connectivity index (χ2v) is 3.53. The van der Waals surface area contributed by atoms with Gasteiger partial charge in [0.1, 0.15) is 5.82 Å². The van der Waals surface area contributed by atoms with Gasteiger partial charge in [-0.15, -0.1) is 10.2 Å². The van der Waals surface area contributed by atoms with E-state index in [1.54, 1.807) is 0 Å². The third-order valence-electron chi connectivity index (χ3n) is 2.52. The summed E-state index contributed by atoms with van der Waals surface area (Å²) in [6, 6.07) is 6.16. The Morgan fingerprint density at radius 1 is 1.33 bits per heavy atom. The Hall–Kier alpha value is -1.42. The van der Waals surface area contributed by atoms with Crippen LogP contribution in [0, 0.1) is 0 Å². The Morgan fingerprint density at radius 3 is 2.93 bits per heavy atom. The molecule has 0 saturated heterocycles. The molecule has 2 aromatic rings. The molecule has 80 valence electrons. The Labute approximate surface area is 89.3 Å². The number of fused-ring (bicyclic) bond motifs is 1. The van der Waals surface area contributed by atoms with Crippen LogP contribution in [0.2, 0.25) is 0 Å². The Morgan fingerprint density at radius 2 is 2.20 bits per heavy atom. The van der Waals surface area contributed by atoms with Crippen molar-refractivity contribution < 1.29 is 0 Å². The summed E-state index contributed by atoms with van der Waals surface area (Å²) < 4.78 is 2.15. The first-order valence-corrected chi connectivity index (χ1v) is 5.33. The third-order valence-corrected chi connectivity index (χ3v) is 2.52. The zero-order chi connectivity index (χ0) is 10.7. The van der Waals surface area contributed by atoms with Crippen LogP contribution in [0.25, 0.3) is 5.65 Å². The Balaban J connectivity index is 2.47. The van der Waals surface area contributed by atoms with Crippen LogP contribution in [0.4, 0.5) is 0 Å². The summed E-state index contributed by atoms with van der Waals surface area (Å²) in [6.07, 6.45) is 1.91. The number of aryl methyl sites for hydroxylation is 1. The van der Waals surface area contributed by atoms with E-state index in [1.165, 1.54) is 5.69 Å². The largest absolute Gasteiger partial charge is 0.319 e. The van der Waals surface area contributed by atoms with Gasteiger partial charge in [-0.2, -0.15) is 0 Å². The van der Waals surface area contributed by atoms with Gasteiger partial charge in [-0.1, -0.05) is 13.0 Å². The standard InChI is InChI=1S/C11H16N4/c1-3-10-13-14-11-6-4-5-9(15(10)11)7-8-12-2/h4-6,12H,3,7-8H2,1-2H3. The molecule has 1 N–H and O–H groups in total. The highest BCUT2D eigenvalue weighted by molar-refractivity contribution is 5.40. The van der Waals surface area contributed by atoms with Gasteiger partial charge in [0.15, 0.2) is 5.65 Å². The van der Waals surface area contributed by atoms with Crippen molar-refractivity contribution in [1.29, 1.82) is 0 Å². The molecular weight excluding hydrogens is 188 g/mol. The number of likely N-dealkylation sites (N-methyl/N-ethyl adjacent to an activating group) is 1. The fourth-order valence-electron chi connectivity index (χ4n) is 1.75. The van der Waals surface area contributed by atoms with Crippen molar-refractivity contribution >= 4 is 5.65 Å². The summed E-state index contributed by atoms with van der Waals surface area (Å²) in [5.41, 5.74) is 2.21. The van der Waals surface area contributed by atoms with E-state index in [-0.39, 0.29) is 0 Å². The van der Waals surface area contributed by atoms with Crippen LogP contribution in [0.1, 0.15) is 18.4 Å². The second kappa shape index (κ2) is 4.40. The Kier molecular flexibility index (Phi) is 2.97. The molecule has 0 bridgehead atoms. The van der Waals surface area contributed by atoms with Crippen LogP contribution in [-0.2, 0) is 12.8 Å². The minimum absolute atomic E-state index is 0.914. The van der Waals surface area contributed by atoms with E-state index in [1.807, 2.05) is 19.2 Å². The predicted molar refractivity (Wildman–Crippen MR) is 60.0 cm³/mol. The predicted octanol–water partition coefficient (Wildman–Crippen LogP) is 1.05. The van der Waals surface area contributed by atoms with Gasteiger partial charge in [0.05, 0.1) is 0 Å². The molecule has 15 heavy (non-hydrogen) atoms. The number of hydrogen-bond donors (Lipinski definition) is 1. The van der Waals surface area contributed by atoms with Gasteiger partial charge in [-0.05, 0) is 19.2 Å². The van der Waals surface area contributed by atoms with Gasteiger partial charge >= 0.3 is 0 Å². The molecule has 0 atom stereocenters. The molecule has 2 heterocycles. The van der Waals surface area contributed by atoms with Crippen molar-refractivity contribution in [3.63, 3.8) is 0 Å². The zero-order valence-corrected chi connectivity index (χ0v) is 9.20. The highest BCUT2D eigenvalue weighted by atomic mass is 15.2. The molecule has 0 aromatic carbocycles. The SMILES string of the molecule is CCc1nnc2cccc(CCNC)n12. The summed E-state index contributed by atoms with van der Waals surface area (Å²) in [5, 5.41) is 11.5. The van der Waals surface area contributed by atoms with Gasteiger partial charge in [0.2, 0.25) is 0 Å². The van der Waals surface area contributed by atoms with Crippen molar-refractivity contribution in [3.8, 4) is 0 Å². The normalized spacial score (nSPS) is 11.1. The number of hydrogen-bond acceptors (Lipinski definition) is 3. The van der Waals surface area contributed by atoms with E-state index in [0.29, 0.717) is 0 Å². The maximum absolute atomic E-state index is 4.18. The highest BCUT2D eigenvalue weighted by Gasteiger charge is 2.06. The number of rotatable bonds is 4. The van der Waals surface area contributed by atoms with Crippen LogP contribution >= 0.6 is 0 Å². The molecule has 0 amide bonds. The lowest BCUT2D eigenvalue weighted by atomic mass is 10.2. The molecule has 0 aliphatic rings. The van der Waals surface area contributed by atoms with Crippen LogP contribution in [0.15, 0.2) is 18.2 Å². The summed E-state index contributed by atoms with van der Waals surface area (Å²) in [4.78, 5) is 0. The number of nitrogens with one attached hydrogen (secondary N) is 1. The van der Waals surface area contributed by atoms with Crippen molar-refractivity contribution in [3.05, 3.63) is 29.7 Å². The van der Waals surface area contributed by atoms with E-state index >= 15 is 0 Å². The quantitative estimate of drug-likeness (QED) is 0.809. The molecule has 4 nitrogen and oxygen atoms in total. The molecule has 0 unspecified atom stereocenters. The van der Waals surface area contributed by atoms with E-state index in [0.717, 1.165) is 30.9 Å². The van der Waals surface area contributed by atoms with Gasteiger partial charge < -0.3 is 5.32 Å². The lowest BCUT2D eigenvalue weighted by molar-refractivity contribution is 0.756. The number of pyridine rings is 1. The van der Waals surface area contributed by atoms with Crippen LogP contribution in [0.5, 0.6) is 0 Å². The minimum Gasteiger partial charge on any atom is -0.319 e. The van der Waals surface area contributed by atoms with Crippen molar-refractivity contribution in [2.75, 3.05) is 13.6 Å².